The number of aryl methyl sites for hydroxylation is 1. The van der Waals surface area contributed by atoms with Crippen LogP contribution < -0.4 is 11.1 Å². The summed E-state index contributed by atoms with van der Waals surface area (Å²) < 4.78 is 5.10. The number of nitrogens with zero attached hydrogens (tertiary/aromatic N) is 3. The third-order valence-corrected chi connectivity index (χ3v) is 3.25. The van der Waals surface area contributed by atoms with Gasteiger partial charge in [0.25, 0.3) is 0 Å². The van der Waals surface area contributed by atoms with Crippen molar-refractivity contribution >= 4 is 33.8 Å². The largest absolute Gasteiger partial charge is 0.389 e. The van der Waals surface area contributed by atoms with E-state index in [1.807, 2.05) is 24.3 Å². The van der Waals surface area contributed by atoms with E-state index in [-0.39, 0.29) is 4.99 Å². The molecule has 7 heteroatoms. The number of nitrogens with one attached hydrogen (secondary N) is 1. The summed E-state index contributed by atoms with van der Waals surface area (Å²) in [6.45, 7) is 2.17. The highest BCUT2D eigenvalue weighted by molar-refractivity contribution is 7.80. The number of rotatable bonds is 4. The Morgan fingerprint density at radius 3 is 2.90 bits per heavy atom. The van der Waals surface area contributed by atoms with Crippen LogP contribution in [0.2, 0.25) is 0 Å². The van der Waals surface area contributed by atoms with Crippen LogP contribution in [-0.4, -0.2) is 20.1 Å². The minimum Gasteiger partial charge on any atom is -0.389 e. The van der Waals surface area contributed by atoms with Gasteiger partial charge in [0.2, 0.25) is 5.89 Å². The minimum absolute atomic E-state index is 0.289. The van der Waals surface area contributed by atoms with Crippen LogP contribution in [0.1, 0.15) is 17.3 Å². The molecule has 0 amide bonds. The van der Waals surface area contributed by atoms with E-state index in [4.69, 9.17) is 22.5 Å². The summed E-state index contributed by atoms with van der Waals surface area (Å²) in [5.41, 5.74) is 8.16. The lowest BCUT2D eigenvalue weighted by Crippen LogP contribution is -2.14. The molecule has 0 saturated heterocycles. The Morgan fingerprint density at radius 1 is 1.38 bits per heavy atom. The number of hydrogen-bond acceptors (Lipinski definition) is 6. The number of thiocarbonyl (C=S) groups is 1. The molecule has 3 rings (SSSR count). The summed E-state index contributed by atoms with van der Waals surface area (Å²) in [5.74, 6) is 1.10. The van der Waals surface area contributed by atoms with Gasteiger partial charge in [-0.1, -0.05) is 35.6 Å². The summed E-state index contributed by atoms with van der Waals surface area (Å²) in [7, 11) is 0. The van der Waals surface area contributed by atoms with Gasteiger partial charge in [-0.25, -0.2) is 0 Å². The van der Waals surface area contributed by atoms with Crippen LogP contribution in [0.4, 0.5) is 5.69 Å². The van der Waals surface area contributed by atoms with Crippen LogP contribution in [-0.2, 0) is 6.54 Å². The fraction of sp³-hybridized carbons (Fsp3) is 0.143. The lowest BCUT2D eigenvalue weighted by molar-refractivity contribution is 0.379. The molecule has 0 aliphatic rings. The molecule has 0 bridgehead atoms. The van der Waals surface area contributed by atoms with Gasteiger partial charge in [0.05, 0.1) is 23.3 Å². The molecule has 3 aromatic rings. The number of para-hydroxylation sites is 1. The Labute approximate surface area is 126 Å². The van der Waals surface area contributed by atoms with E-state index in [1.54, 1.807) is 13.1 Å². The molecular formula is C14H13N5OS. The third kappa shape index (κ3) is 2.68. The zero-order valence-corrected chi connectivity index (χ0v) is 12.1. The van der Waals surface area contributed by atoms with Crippen LogP contribution >= 0.6 is 12.2 Å². The lowest BCUT2D eigenvalue weighted by Gasteiger charge is -2.12. The Morgan fingerprint density at radius 2 is 2.19 bits per heavy atom. The maximum atomic E-state index is 5.78. The highest BCUT2D eigenvalue weighted by atomic mass is 32.1. The normalized spacial score (nSPS) is 10.7. The van der Waals surface area contributed by atoms with Crippen molar-refractivity contribution in [2.75, 3.05) is 5.32 Å². The van der Waals surface area contributed by atoms with Gasteiger partial charge in [-0.05, 0) is 13.0 Å². The van der Waals surface area contributed by atoms with Crippen LogP contribution in [0.5, 0.6) is 0 Å². The predicted octanol–water partition coefficient (Wildman–Crippen LogP) is 2.17. The minimum atomic E-state index is 0.289. The molecule has 106 valence electrons. The molecule has 3 N–H and O–H groups in total. The summed E-state index contributed by atoms with van der Waals surface area (Å²) in [6, 6.07) is 7.77. The van der Waals surface area contributed by atoms with Crippen molar-refractivity contribution in [3.8, 4) is 0 Å². The van der Waals surface area contributed by atoms with Crippen LogP contribution in [0.25, 0.3) is 10.9 Å². The number of pyridine rings is 1. The van der Waals surface area contributed by atoms with Crippen LogP contribution in [0, 0.1) is 6.92 Å². The number of fused-ring (bicyclic) bond motifs is 1. The monoisotopic (exact) mass is 299 g/mol. The summed E-state index contributed by atoms with van der Waals surface area (Å²) >= 11 is 5.09. The summed E-state index contributed by atoms with van der Waals surface area (Å²) in [6.07, 6.45) is 1.67. The van der Waals surface area contributed by atoms with Gasteiger partial charge in [0, 0.05) is 11.6 Å². The average Bonchev–Trinajstić information content (AvgIpc) is 2.90. The van der Waals surface area contributed by atoms with Gasteiger partial charge in [-0.15, -0.1) is 0 Å². The molecule has 1 aromatic carbocycles. The molecule has 0 fully saturated rings. The van der Waals surface area contributed by atoms with Gasteiger partial charge in [0.15, 0.2) is 5.82 Å². The fourth-order valence-electron chi connectivity index (χ4n) is 2.09. The van der Waals surface area contributed by atoms with Gasteiger partial charge in [-0.2, -0.15) is 4.98 Å². The Hall–Kier alpha value is -2.54. The first-order valence-electron chi connectivity index (χ1n) is 6.36. The first kappa shape index (κ1) is 13.4. The number of anilines is 1. The molecule has 2 heterocycles. The Kier molecular flexibility index (Phi) is 3.49. The van der Waals surface area contributed by atoms with E-state index in [1.165, 1.54) is 0 Å². The molecule has 0 aliphatic carbocycles. The topological polar surface area (TPSA) is 89.9 Å². The molecule has 0 spiro atoms. The van der Waals surface area contributed by atoms with Gasteiger partial charge in [-0.3, -0.25) is 4.98 Å². The number of aromatic nitrogens is 3. The number of benzene rings is 1. The molecule has 0 atom stereocenters. The molecular weight excluding hydrogens is 286 g/mol. The van der Waals surface area contributed by atoms with E-state index in [0.29, 0.717) is 23.8 Å². The lowest BCUT2D eigenvalue weighted by atomic mass is 10.1. The van der Waals surface area contributed by atoms with Crippen molar-refractivity contribution in [2.45, 2.75) is 13.5 Å². The van der Waals surface area contributed by atoms with Gasteiger partial charge in [0.1, 0.15) is 4.99 Å². The summed E-state index contributed by atoms with van der Waals surface area (Å²) in [4.78, 5) is 8.81. The molecule has 6 nitrogen and oxygen atoms in total. The maximum Gasteiger partial charge on any atom is 0.245 e. The second kappa shape index (κ2) is 5.45. The first-order valence-corrected chi connectivity index (χ1v) is 6.76. The quantitative estimate of drug-likeness (QED) is 0.713. The molecule has 0 saturated carbocycles. The molecule has 0 radical (unpaired) electrons. The zero-order chi connectivity index (χ0) is 14.8. The van der Waals surface area contributed by atoms with Crippen molar-refractivity contribution in [1.82, 2.24) is 15.1 Å². The van der Waals surface area contributed by atoms with Crippen molar-refractivity contribution in [3.05, 3.63) is 47.7 Å². The van der Waals surface area contributed by atoms with Gasteiger partial charge >= 0.3 is 0 Å². The SMILES string of the molecule is Cc1noc(CNc2c(C(N)=S)cnc3ccccc23)n1. The van der Waals surface area contributed by atoms with Crippen molar-refractivity contribution in [1.29, 1.82) is 0 Å². The third-order valence-electron chi connectivity index (χ3n) is 3.03. The van der Waals surface area contributed by atoms with Gasteiger partial charge < -0.3 is 15.6 Å². The highest BCUT2D eigenvalue weighted by Gasteiger charge is 2.12. The Bertz CT molecular complexity index is 814. The van der Waals surface area contributed by atoms with E-state index in [0.717, 1.165) is 16.6 Å². The van der Waals surface area contributed by atoms with E-state index in [2.05, 4.69) is 20.4 Å². The van der Waals surface area contributed by atoms with E-state index < -0.39 is 0 Å². The van der Waals surface area contributed by atoms with Crippen molar-refractivity contribution < 1.29 is 4.52 Å². The van der Waals surface area contributed by atoms with Crippen LogP contribution in [0.15, 0.2) is 35.0 Å². The molecule has 2 aromatic heterocycles. The maximum absolute atomic E-state index is 5.78. The molecule has 0 aliphatic heterocycles. The van der Waals surface area contributed by atoms with Crippen molar-refractivity contribution in [2.24, 2.45) is 5.73 Å². The summed E-state index contributed by atoms with van der Waals surface area (Å²) in [5, 5.41) is 7.97. The Balaban J connectivity index is 2.01. The van der Waals surface area contributed by atoms with E-state index >= 15 is 0 Å². The van der Waals surface area contributed by atoms with E-state index in [9.17, 15) is 0 Å². The molecule has 0 unspecified atom stereocenters. The van der Waals surface area contributed by atoms with Crippen molar-refractivity contribution in [3.63, 3.8) is 0 Å². The fourth-order valence-corrected chi connectivity index (χ4v) is 2.25. The zero-order valence-electron chi connectivity index (χ0n) is 11.3. The second-order valence-electron chi connectivity index (χ2n) is 4.52. The average molecular weight is 299 g/mol. The number of nitrogens with two attached hydrogens (primary N) is 1. The highest BCUT2D eigenvalue weighted by Crippen LogP contribution is 2.26. The standard InChI is InChI=1S/C14H13N5OS/c1-8-18-12(20-19-8)7-17-13-9-4-2-3-5-11(9)16-6-10(13)14(15)21/h2-6H,7H2,1H3,(H2,15,21)(H,16,17). The smallest absolute Gasteiger partial charge is 0.245 e. The van der Waals surface area contributed by atoms with Crippen LogP contribution in [0.3, 0.4) is 0 Å². The second-order valence-corrected chi connectivity index (χ2v) is 4.96. The first-order chi connectivity index (χ1) is 10.1. The molecule has 21 heavy (non-hydrogen) atoms. The number of hydrogen-bond donors (Lipinski definition) is 2. The predicted molar refractivity (Wildman–Crippen MR) is 84.0 cm³/mol.